The molecule has 110 valence electrons. The van der Waals surface area contributed by atoms with Crippen molar-refractivity contribution in [2.75, 3.05) is 0 Å². The van der Waals surface area contributed by atoms with Crippen LogP contribution in [0.4, 0.5) is 5.69 Å². The van der Waals surface area contributed by atoms with Crippen LogP contribution in [0, 0.1) is 10.1 Å². The van der Waals surface area contributed by atoms with Crippen molar-refractivity contribution in [2.24, 2.45) is 0 Å². The van der Waals surface area contributed by atoms with Gasteiger partial charge in [0.2, 0.25) is 10.0 Å². The van der Waals surface area contributed by atoms with Gasteiger partial charge in [0.15, 0.2) is 0 Å². The molecule has 2 N–H and O–H groups in total. The van der Waals surface area contributed by atoms with Gasteiger partial charge in [0, 0.05) is 11.6 Å². The predicted octanol–water partition coefficient (Wildman–Crippen LogP) is 0.877. The van der Waals surface area contributed by atoms with Crippen molar-refractivity contribution in [3.63, 3.8) is 0 Å². The zero-order valence-electron chi connectivity index (χ0n) is 10.6. The fraction of sp³-hybridized carbons (Fsp3) is 0.364. The Bertz CT molecular complexity index is 613. The molecule has 0 fully saturated rings. The van der Waals surface area contributed by atoms with Crippen molar-refractivity contribution in [2.45, 2.75) is 25.1 Å². The summed E-state index contributed by atoms with van der Waals surface area (Å²) in [5, 5.41) is 19.6. The molecule has 1 rings (SSSR count). The number of hydrogen-bond donors (Lipinski definition) is 2. The number of sulfonamides is 1. The summed E-state index contributed by atoms with van der Waals surface area (Å²) < 4.78 is 25.7. The van der Waals surface area contributed by atoms with Crippen molar-refractivity contribution in [3.05, 3.63) is 39.9 Å². The standard InChI is InChI=1S/C11H14N2O6S/c1-2-9(11(14)15)12-20(18,19)7-8-5-3-4-6-10(8)13(16)17/h3-6,9,12H,2,7H2,1H3,(H,14,15). The van der Waals surface area contributed by atoms with E-state index in [0.29, 0.717) is 0 Å². The van der Waals surface area contributed by atoms with E-state index < -0.39 is 32.7 Å². The normalized spacial score (nSPS) is 12.8. The van der Waals surface area contributed by atoms with Gasteiger partial charge in [-0.25, -0.2) is 13.1 Å². The number of rotatable bonds is 7. The average Bonchev–Trinajstić information content (AvgIpc) is 2.35. The Kier molecular flexibility index (Phi) is 5.17. The SMILES string of the molecule is CCC(NS(=O)(=O)Cc1ccccc1[N+](=O)[O-])C(=O)O. The number of benzene rings is 1. The van der Waals surface area contributed by atoms with Crippen LogP contribution >= 0.6 is 0 Å². The van der Waals surface area contributed by atoms with Gasteiger partial charge in [0.25, 0.3) is 5.69 Å². The number of carboxylic acids is 1. The summed E-state index contributed by atoms with van der Waals surface area (Å²) in [6.07, 6.45) is 0.0748. The number of carbonyl (C=O) groups is 1. The topological polar surface area (TPSA) is 127 Å². The number of aliphatic carboxylic acids is 1. The van der Waals surface area contributed by atoms with E-state index in [1.807, 2.05) is 4.72 Å². The van der Waals surface area contributed by atoms with E-state index in [-0.39, 0.29) is 17.7 Å². The lowest BCUT2D eigenvalue weighted by atomic mass is 10.2. The number of para-hydroxylation sites is 1. The molecule has 8 nitrogen and oxygen atoms in total. The zero-order chi connectivity index (χ0) is 15.3. The molecule has 0 aromatic heterocycles. The number of nitro benzene ring substituents is 1. The molecule has 1 unspecified atom stereocenters. The monoisotopic (exact) mass is 302 g/mol. The maximum Gasteiger partial charge on any atom is 0.321 e. The Hall–Kier alpha value is -2.00. The van der Waals surface area contributed by atoms with Gasteiger partial charge in [-0.1, -0.05) is 25.1 Å². The van der Waals surface area contributed by atoms with Gasteiger partial charge in [-0.05, 0) is 6.42 Å². The van der Waals surface area contributed by atoms with Gasteiger partial charge in [-0.2, -0.15) is 0 Å². The Morgan fingerprint density at radius 2 is 2.05 bits per heavy atom. The second-order valence-corrected chi connectivity index (χ2v) is 5.82. The van der Waals surface area contributed by atoms with E-state index in [9.17, 15) is 23.3 Å². The lowest BCUT2D eigenvalue weighted by molar-refractivity contribution is -0.385. The summed E-state index contributed by atoms with van der Waals surface area (Å²) in [6, 6.07) is 4.17. The maximum absolute atomic E-state index is 11.9. The molecule has 0 radical (unpaired) electrons. The summed E-state index contributed by atoms with van der Waals surface area (Å²) >= 11 is 0. The molecule has 0 aliphatic heterocycles. The van der Waals surface area contributed by atoms with Crippen LogP contribution in [0.5, 0.6) is 0 Å². The smallest absolute Gasteiger partial charge is 0.321 e. The second kappa shape index (κ2) is 6.44. The minimum Gasteiger partial charge on any atom is -0.480 e. The summed E-state index contributed by atoms with van der Waals surface area (Å²) in [5.41, 5.74) is -0.313. The fourth-order valence-electron chi connectivity index (χ4n) is 1.58. The Balaban J connectivity index is 2.97. The maximum atomic E-state index is 11.9. The van der Waals surface area contributed by atoms with E-state index in [1.54, 1.807) is 0 Å². The molecule has 1 aromatic carbocycles. The van der Waals surface area contributed by atoms with Crippen LogP contribution in [0.15, 0.2) is 24.3 Å². The summed E-state index contributed by atoms with van der Waals surface area (Å²) in [6.45, 7) is 1.52. The first-order chi connectivity index (χ1) is 9.26. The number of carboxylic acid groups (broad SMARTS) is 1. The van der Waals surface area contributed by atoms with Gasteiger partial charge in [-0.15, -0.1) is 0 Å². The van der Waals surface area contributed by atoms with Gasteiger partial charge in [0.1, 0.15) is 6.04 Å². The van der Waals surface area contributed by atoms with Gasteiger partial charge in [0.05, 0.1) is 10.7 Å². The highest BCUT2D eigenvalue weighted by atomic mass is 32.2. The molecule has 9 heteroatoms. The van der Waals surface area contributed by atoms with E-state index in [4.69, 9.17) is 5.11 Å². The molecule has 0 heterocycles. The lowest BCUT2D eigenvalue weighted by Crippen LogP contribution is -2.40. The van der Waals surface area contributed by atoms with Crippen LogP contribution in [0.1, 0.15) is 18.9 Å². The van der Waals surface area contributed by atoms with Crippen LogP contribution in [0.2, 0.25) is 0 Å². The molecule has 0 amide bonds. The molecular formula is C11H14N2O6S. The molecule has 0 spiro atoms. The van der Waals surface area contributed by atoms with Crippen molar-refractivity contribution >= 4 is 21.7 Å². The van der Waals surface area contributed by atoms with Crippen LogP contribution in [0.3, 0.4) is 0 Å². The minimum atomic E-state index is -3.98. The highest BCUT2D eigenvalue weighted by Gasteiger charge is 2.25. The molecule has 0 bridgehead atoms. The van der Waals surface area contributed by atoms with E-state index in [2.05, 4.69) is 0 Å². The van der Waals surface area contributed by atoms with Gasteiger partial charge >= 0.3 is 5.97 Å². The Labute approximate surface area is 115 Å². The quantitative estimate of drug-likeness (QED) is 0.568. The van der Waals surface area contributed by atoms with Crippen LogP contribution in [-0.2, 0) is 20.6 Å². The molecular weight excluding hydrogens is 288 g/mol. The first-order valence-electron chi connectivity index (χ1n) is 5.72. The van der Waals surface area contributed by atoms with Crippen molar-refractivity contribution < 1.29 is 23.2 Å². The molecule has 0 saturated heterocycles. The zero-order valence-corrected chi connectivity index (χ0v) is 11.5. The summed E-state index contributed by atoms with van der Waals surface area (Å²) in [4.78, 5) is 20.9. The fourth-order valence-corrected chi connectivity index (χ4v) is 3.02. The van der Waals surface area contributed by atoms with E-state index in [0.717, 1.165) is 0 Å². The first kappa shape index (κ1) is 16.1. The third kappa shape index (κ3) is 4.28. The van der Waals surface area contributed by atoms with E-state index in [1.165, 1.54) is 31.2 Å². The van der Waals surface area contributed by atoms with Crippen LogP contribution < -0.4 is 4.72 Å². The van der Waals surface area contributed by atoms with Crippen LogP contribution in [-0.4, -0.2) is 30.5 Å². The molecule has 0 saturated carbocycles. The van der Waals surface area contributed by atoms with Gasteiger partial charge in [-0.3, -0.25) is 14.9 Å². The molecule has 20 heavy (non-hydrogen) atoms. The summed E-state index contributed by atoms with van der Waals surface area (Å²) in [7, 11) is -3.98. The predicted molar refractivity (Wildman–Crippen MR) is 70.6 cm³/mol. The molecule has 0 aliphatic carbocycles. The second-order valence-electron chi connectivity index (χ2n) is 4.06. The molecule has 1 atom stereocenters. The van der Waals surface area contributed by atoms with Gasteiger partial charge < -0.3 is 5.11 Å². The Morgan fingerprint density at radius 1 is 1.45 bits per heavy atom. The van der Waals surface area contributed by atoms with Crippen LogP contribution in [0.25, 0.3) is 0 Å². The number of hydrogen-bond acceptors (Lipinski definition) is 5. The third-order valence-corrected chi connectivity index (χ3v) is 3.90. The average molecular weight is 302 g/mol. The minimum absolute atomic E-state index is 0.00485. The number of nitrogens with zero attached hydrogens (tertiary/aromatic N) is 1. The highest BCUT2D eigenvalue weighted by molar-refractivity contribution is 7.88. The first-order valence-corrected chi connectivity index (χ1v) is 7.37. The van der Waals surface area contributed by atoms with E-state index >= 15 is 0 Å². The highest BCUT2D eigenvalue weighted by Crippen LogP contribution is 2.19. The number of nitrogens with one attached hydrogen (secondary N) is 1. The molecule has 1 aromatic rings. The van der Waals surface area contributed by atoms with Crippen molar-refractivity contribution in [3.8, 4) is 0 Å². The third-order valence-electron chi connectivity index (χ3n) is 2.56. The lowest BCUT2D eigenvalue weighted by Gasteiger charge is -2.12. The van der Waals surface area contributed by atoms with Crippen molar-refractivity contribution in [1.29, 1.82) is 0 Å². The molecule has 0 aliphatic rings. The largest absolute Gasteiger partial charge is 0.480 e. The summed E-state index contributed by atoms with van der Waals surface area (Å²) in [5.74, 6) is -1.94. The number of nitro groups is 1. The van der Waals surface area contributed by atoms with Crippen molar-refractivity contribution in [1.82, 2.24) is 4.72 Å². The Morgan fingerprint density at radius 3 is 2.55 bits per heavy atom.